The number of hydrogen-bond donors (Lipinski definition) is 0. The molecule has 0 spiro atoms. The van der Waals surface area contributed by atoms with Crippen LogP contribution in [0.3, 0.4) is 0 Å². The summed E-state index contributed by atoms with van der Waals surface area (Å²) >= 11 is 0. The van der Waals surface area contributed by atoms with Gasteiger partial charge in [-0.1, -0.05) is 13.8 Å². The summed E-state index contributed by atoms with van der Waals surface area (Å²) in [7, 11) is 0. The molecule has 0 aromatic carbocycles. The highest BCUT2D eigenvalue weighted by atomic mass is 15.2. The first kappa shape index (κ1) is 16.3. The minimum Gasteiger partial charge on any atom is -0.301 e. The Hall–Kier alpha value is -0.0800. The van der Waals surface area contributed by atoms with E-state index in [0.717, 1.165) is 29.8 Å². The topological polar surface area (TPSA) is 6.48 Å². The Morgan fingerprint density at radius 2 is 1.60 bits per heavy atom. The van der Waals surface area contributed by atoms with Crippen LogP contribution in [0, 0.1) is 17.8 Å². The van der Waals surface area contributed by atoms with Gasteiger partial charge in [0, 0.05) is 18.6 Å². The summed E-state index contributed by atoms with van der Waals surface area (Å²) in [4.78, 5) is 5.43. The molecule has 2 atom stereocenters. The molecule has 2 aliphatic rings. The lowest BCUT2D eigenvalue weighted by atomic mass is 9.82. The van der Waals surface area contributed by atoms with E-state index in [9.17, 15) is 0 Å². The Bertz CT molecular complexity index is 279. The fourth-order valence-corrected chi connectivity index (χ4v) is 4.12. The van der Waals surface area contributed by atoms with Crippen LogP contribution in [-0.4, -0.2) is 48.1 Å². The van der Waals surface area contributed by atoms with E-state index in [1.807, 2.05) is 0 Å². The molecule has 2 heteroatoms. The zero-order valence-corrected chi connectivity index (χ0v) is 14.4. The molecule has 0 bridgehead atoms. The van der Waals surface area contributed by atoms with E-state index >= 15 is 0 Å². The van der Waals surface area contributed by atoms with Gasteiger partial charge in [-0.2, -0.15) is 0 Å². The van der Waals surface area contributed by atoms with Gasteiger partial charge in [0.25, 0.3) is 0 Å². The van der Waals surface area contributed by atoms with Crippen molar-refractivity contribution in [3.05, 3.63) is 0 Å². The molecule has 0 unspecified atom stereocenters. The van der Waals surface area contributed by atoms with E-state index < -0.39 is 0 Å². The molecule has 2 heterocycles. The van der Waals surface area contributed by atoms with Crippen LogP contribution in [0.15, 0.2) is 0 Å². The lowest BCUT2D eigenvalue weighted by Gasteiger charge is -2.42. The summed E-state index contributed by atoms with van der Waals surface area (Å²) in [5.41, 5.74) is 0. The Balaban J connectivity index is 1.75. The molecule has 2 rings (SSSR count). The monoisotopic (exact) mass is 280 g/mol. The van der Waals surface area contributed by atoms with E-state index in [-0.39, 0.29) is 0 Å². The van der Waals surface area contributed by atoms with Crippen LogP contribution in [0.25, 0.3) is 0 Å². The maximum Gasteiger partial charge on any atom is 0.00697 e. The van der Waals surface area contributed by atoms with E-state index in [1.54, 1.807) is 0 Å². The Kier molecular flexibility index (Phi) is 5.92. The third-order valence-electron chi connectivity index (χ3n) is 5.87. The summed E-state index contributed by atoms with van der Waals surface area (Å²) in [5, 5.41) is 0. The lowest BCUT2D eigenvalue weighted by Crippen LogP contribution is -2.46. The van der Waals surface area contributed by atoms with Gasteiger partial charge in [0.2, 0.25) is 0 Å². The number of hydrogen-bond acceptors (Lipinski definition) is 2. The fraction of sp³-hybridized carbons (Fsp3) is 1.00. The van der Waals surface area contributed by atoms with Crippen LogP contribution in [-0.2, 0) is 0 Å². The predicted molar refractivity (Wildman–Crippen MR) is 88.0 cm³/mol. The summed E-state index contributed by atoms with van der Waals surface area (Å²) in [6.07, 6.45) is 5.67. The van der Waals surface area contributed by atoms with Crippen LogP contribution in [0.5, 0.6) is 0 Å². The van der Waals surface area contributed by atoms with Gasteiger partial charge in [-0.05, 0) is 83.8 Å². The molecular formula is C18H36N2. The van der Waals surface area contributed by atoms with Crippen molar-refractivity contribution in [3.63, 3.8) is 0 Å². The van der Waals surface area contributed by atoms with E-state index in [2.05, 4.69) is 44.4 Å². The van der Waals surface area contributed by atoms with Crippen molar-refractivity contribution in [2.75, 3.05) is 26.2 Å². The molecule has 2 saturated heterocycles. The Morgan fingerprint density at radius 1 is 0.950 bits per heavy atom. The molecule has 0 aromatic heterocycles. The molecule has 0 radical (unpaired) electrons. The zero-order chi connectivity index (χ0) is 14.7. The summed E-state index contributed by atoms with van der Waals surface area (Å²) in [6, 6.07) is 1.54. The van der Waals surface area contributed by atoms with Crippen molar-refractivity contribution in [3.8, 4) is 0 Å². The highest BCUT2D eigenvalue weighted by Gasteiger charge is 2.29. The minimum absolute atomic E-state index is 0.733. The van der Waals surface area contributed by atoms with Crippen LogP contribution in [0.1, 0.15) is 60.3 Å². The van der Waals surface area contributed by atoms with E-state index in [1.165, 1.54) is 51.9 Å². The first-order chi connectivity index (χ1) is 9.47. The average Bonchev–Trinajstić information content (AvgIpc) is 2.41. The van der Waals surface area contributed by atoms with E-state index in [4.69, 9.17) is 0 Å². The highest BCUT2D eigenvalue weighted by molar-refractivity contribution is 4.83. The van der Waals surface area contributed by atoms with Gasteiger partial charge >= 0.3 is 0 Å². The van der Waals surface area contributed by atoms with Crippen LogP contribution in [0.4, 0.5) is 0 Å². The third kappa shape index (κ3) is 4.21. The van der Waals surface area contributed by atoms with Crippen molar-refractivity contribution in [2.24, 2.45) is 17.8 Å². The first-order valence-electron chi connectivity index (χ1n) is 8.95. The molecule has 2 fully saturated rings. The lowest BCUT2D eigenvalue weighted by molar-refractivity contribution is 0.0645. The highest BCUT2D eigenvalue weighted by Crippen LogP contribution is 2.30. The molecule has 0 amide bonds. The number of nitrogens with zero attached hydrogens (tertiary/aromatic N) is 2. The maximum absolute atomic E-state index is 2.79. The Labute approximate surface area is 126 Å². The second-order valence-corrected chi connectivity index (χ2v) is 7.95. The fourth-order valence-electron chi connectivity index (χ4n) is 4.12. The number of piperidine rings is 2. The van der Waals surface area contributed by atoms with Gasteiger partial charge < -0.3 is 9.80 Å². The van der Waals surface area contributed by atoms with Gasteiger partial charge in [-0.3, -0.25) is 0 Å². The van der Waals surface area contributed by atoms with Crippen LogP contribution >= 0.6 is 0 Å². The van der Waals surface area contributed by atoms with Gasteiger partial charge in [0.05, 0.1) is 0 Å². The van der Waals surface area contributed by atoms with Gasteiger partial charge in [0.1, 0.15) is 0 Å². The summed E-state index contributed by atoms with van der Waals surface area (Å²) in [6.45, 7) is 17.3. The van der Waals surface area contributed by atoms with Gasteiger partial charge in [-0.15, -0.1) is 0 Å². The predicted octanol–water partition coefficient (Wildman–Crippen LogP) is 3.86. The van der Waals surface area contributed by atoms with Crippen molar-refractivity contribution in [1.82, 2.24) is 9.80 Å². The molecule has 118 valence electrons. The molecule has 0 aliphatic carbocycles. The van der Waals surface area contributed by atoms with Crippen molar-refractivity contribution in [2.45, 2.75) is 72.4 Å². The zero-order valence-electron chi connectivity index (χ0n) is 14.4. The molecule has 0 N–H and O–H groups in total. The summed E-state index contributed by atoms with van der Waals surface area (Å²) < 4.78 is 0. The number of rotatable bonds is 4. The van der Waals surface area contributed by atoms with Gasteiger partial charge in [0.15, 0.2) is 0 Å². The average molecular weight is 280 g/mol. The molecule has 2 aliphatic heterocycles. The van der Waals surface area contributed by atoms with Crippen LogP contribution in [0.2, 0.25) is 0 Å². The van der Waals surface area contributed by atoms with Crippen molar-refractivity contribution in [1.29, 1.82) is 0 Å². The molecule has 0 aromatic rings. The standard InChI is InChI=1S/C18H36N2/c1-14(2)18-8-11-20(16(5)12-18)13-17-6-9-19(10-7-17)15(3)4/h14-18H,6-13H2,1-5H3/t16-,18+/m1/s1. The number of likely N-dealkylation sites (tertiary alicyclic amines) is 2. The second kappa shape index (κ2) is 7.26. The Morgan fingerprint density at radius 3 is 2.10 bits per heavy atom. The van der Waals surface area contributed by atoms with Crippen LogP contribution < -0.4 is 0 Å². The van der Waals surface area contributed by atoms with Gasteiger partial charge in [-0.25, -0.2) is 0 Å². The summed E-state index contributed by atoms with van der Waals surface area (Å²) in [5.74, 6) is 2.78. The largest absolute Gasteiger partial charge is 0.301 e. The third-order valence-corrected chi connectivity index (χ3v) is 5.87. The minimum atomic E-state index is 0.733. The SMILES string of the molecule is CC(C)[C@H]1CCN(CC2CCN(C(C)C)CC2)[C@H](C)C1. The van der Waals surface area contributed by atoms with E-state index in [0.29, 0.717) is 0 Å². The molecular weight excluding hydrogens is 244 g/mol. The smallest absolute Gasteiger partial charge is 0.00697 e. The quantitative estimate of drug-likeness (QED) is 0.771. The normalized spacial score (nSPS) is 31.4. The second-order valence-electron chi connectivity index (χ2n) is 7.95. The maximum atomic E-state index is 2.79. The first-order valence-corrected chi connectivity index (χ1v) is 8.95. The van der Waals surface area contributed by atoms with Crippen molar-refractivity contribution < 1.29 is 0 Å². The molecule has 20 heavy (non-hydrogen) atoms. The molecule has 2 nitrogen and oxygen atoms in total. The molecule has 0 saturated carbocycles. The van der Waals surface area contributed by atoms with Crippen molar-refractivity contribution >= 4 is 0 Å².